The van der Waals surface area contributed by atoms with Gasteiger partial charge in [-0.15, -0.1) is 0 Å². The third kappa shape index (κ3) is 5.45. The first-order chi connectivity index (χ1) is 14.7. The van der Waals surface area contributed by atoms with Crippen molar-refractivity contribution in [3.8, 4) is 0 Å². The highest BCUT2D eigenvalue weighted by Gasteiger charge is 2.41. The number of para-hydroxylation sites is 1. The standard InChI is InChI=1S/C24H27N2O3P/c1-3-28-30(27,29-4-2)24(21-16-10-6-11-17-21)23(20-14-8-5-9-15-20)26-25-22-18-12-7-13-19-22/h5-19,24-25H,3-4H2,1-2H3/b26-23+. The van der Waals surface area contributed by atoms with Gasteiger partial charge in [-0.05, 0) is 37.1 Å². The van der Waals surface area contributed by atoms with Crippen LogP contribution in [0, 0.1) is 0 Å². The monoisotopic (exact) mass is 422 g/mol. The Hall–Kier alpha value is -2.72. The van der Waals surface area contributed by atoms with Crippen molar-refractivity contribution >= 4 is 19.0 Å². The van der Waals surface area contributed by atoms with Crippen LogP contribution in [0.1, 0.15) is 30.6 Å². The van der Waals surface area contributed by atoms with E-state index >= 15 is 0 Å². The zero-order valence-electron chi connectivity index (χ0n) is 17.3. The van der Waals surface area contributed by atoms with Crippen molar-refractivity contribution in [1.29, 1.82) is 0 Å². The summed E-state index contributed by atoms with van der Waals surface area (Å²) in [6.45, 7) is 4.17. The minimum atomic E-state index is -3.57. The number of rotatable bonds is 10. The van der Waals surface area contributed by atoms with Gasteiger partial charge in [0.15, 0.2) is 0 Å². The molecule has 3 aromatic carbocycles. The van der Waals surface area contributed by atoms with Gasteiger partial charge in [0.25, 0.3) is 0 Å². The third-order valence-corrected chi connectivity index (χ3v) is 6.87. The molecule has 0 bridgehead atoms. The second-order valence-electron chi connectivity index (χ2n) is 6.53. The van der Waals surface area contributed by atoms with Crippen molar-refractivity contribution < 1.29 is 13.6 Å². The fraction of sp³-hybridized carbons (Fsp3) is 0.208. The average molecular weight is 422 g/mol. The average Bonchev–Trinajstić information content (AvgIpc) is 2.78. The second kappa shape index (κ2) is 10.9. The minimum absolute atomic E-state index is 0.273. The normalized spacial score (nSPS) is 13.1. The highest BCUT2D eigenvalue weighted by molar-refractivity contribution is 7.55. The Morgan fingerprint density at radius 1 is 0.833 bits per heavy atom. The van der Waals surface area contributed by atoms with E-state index in [0.29, 0.717) is 5.71 Å². The maximum atomic E-state index is 14.0. The van der Waals surface area contributed by atoms with Gasteiger partial charge >= 0.3 is 7.60 Å². The summed E-state index contributed by atoms with van der Waals surface area (Å²) in [4.78, 5) is 0. The minimum Gasteiger partial charge on any atom is -0.308 e. The van der Waals surface area contributed by atoms with Crippen LogP contribution in [0.4, 0.5) is 5.69 Å². The van der Waals surface area contributed by atoms with Crippen molar-refractivity contribution in [3.63, 3.8) is 0 Å². The summed E-state index contributed by atoms with van der Waals surface area (Å²) in [6, 6.07) is 29.0. The van der Waals surface area contributed by atoms with E-state index in [1.165, 1.54) is 0 Å². The second-order valence-corrected chi connectivity index (χ2v) is 8.64. The van der Waals surface area contributed by atoms with Crippen molar-refractivity contribution in [2.45, 2.75) is 19.5 Å². The number of benzene rings is 3. The van der Waals surface area contributed by atoms with Crippen LogP contribution in [0.2, 0.25) is 0 Å². The van der Waals surface area contributed by atoms with E-state index in [-0.39, 0.29) is 13.2 Å². The highest BCUT2D eigenvalue weighted by atomic mass is 31.2. The van der Waals surface area contributed by atoms with Crippen LogP contribution in [0.3, 0.4) is 0 Å². The molecule has 5 nitrogen and oxygen atoms in total. The maximum Gasteiger partial charge on any atom is 0.344 e. The van der Waals surface area contributed by atoms with E-state index < -0.39 is 13.3 Å². The van der Waals surface area contributed by atoms with Gasteiger partial charge in [-0.1, -0.05) is 78.9 Å². The summed E-state index contributed by atoms with van der Waals surface area (Å²) < 4.78 is 25.5. The Bertz CT molecular complexity index is 969. The molecule has 0 aliphatic heterocycles. The van der Waals surface area contributed by atoms with Crippen LogP contribution in [-0.2, 0) is 13.6 Å². The molecule has 0 saturated heterocycles. The number of hydrogen-bond acceptors (Lipinski definition) is 5. The number of anilines is 1. The summed E-state index contributed by atoms with van der Waals surface area (Å²) in [5, 5.41) is 4.71. The smallest absolute Gasteiger partial charge is 0.308 e. The van der Waals surface area contributed by atoms with Crippen LogP contribution in [0.15, 0.2) is 96.1 Å². The summed E-state index contributed by atoms with van der Waals surface area (Å²) in [6.07, 6.45) is 0. The lowest BCUT2D eigenvalue weighted by atomic mass is 10.0. The van der Waals surface area contributed by atoms with Crippen molar-refractivity contribution in [1.82, 2.24) is 0 Å². The molecular formula is C24H27N2O3P. The van der Waals surface area contributed by atoms with E-state index in [0.717, 1.165) is 16.8 Å². The summed E-state index contributed by atoms with van der Waals surface area (Å²) in [5.41, 5.74) is 5.51. The van der Waals surface area contributed by atoms with Gasteiger partial charge in [0, 0.05) is 0 Å². The summed E-state index contributed by atoms with van der Waals surface area (Å²) in [5.74, 6) is 0. The largest absolute Gasteiger partial charge is 0.344 e. The topological polar surface area (TPSA) is 59.9 Å². The molecule has 0 aromatic heterocycles. The van der Waals surface area contributed by atoms with Gasteiger partial charge in [-0.25, -0.2) is 0 Å². The zero-order valence-corrected chi connectivity index (χ0v) is 18.2. The molecule has 0 fully saturated rings. The molecule has 0 spiro atoms. The lowest BCUT2D eigenvalue weighted by Gasteiger charge is -2.28. The zero-order chi connectivity index (χ0) is 21.2. The highest BCUT2D eigenvalue weighted by Crippen LogP contribution is 2.62. The molecular weight excluding hydrogens is 395 g/mol. The lowest BCUT2D eigenvalue weighted by molar-refractivity contribution is 0.217. The number of hydrazone groups is 1. The summed E-state index contributed by atoms with van der Waals surface area (Å²) in [7, 11) is -3.57. The molecule has 6 heteroatoms. The van der Waals surface area contributed by atoms with E-state index in [9.17, 15) is 4.57 Å². The van der Waals surface area contributed by atoms with Crippen LogP contribution in [-0.4, -0.2) is 18.9 Å². The van der Waals surface area contributed by atoms with Crippen molar-refractivity contribution in [3.05, 3.63) is 102 Å². The van der Waals surface area contributed by atoms with E-state index in [1.807, 2.05) is 105 Å². The molecule has 156 valence electrons. The molecule has 3 rings (SSSR count). The van der Waals surface area contributed by atoms with Gasteiger partial charge in [-0.3, -0.25) is 9.99 Å². The van der Waals surface area contributed by atoms with Crippen LogP contribution in [0.25, 0.3) is 0 Å². The first-order valence-electron chi connectivity index (χ1n) is 10.1. The first kappa shape index (κ1) is 22.0. The molecule has 30 heavy (non-hydrogen) atoms. The van der Waals surface area contributed by atoms with Crippen molar-refractivity contribution in [2.24, 2.45) is 5.10 Å². The third-order valence-electron chi connectivity index (χ3n) is 4.46. The van der Waals surface area contributed by atoms with Gasteiger partial charge < -0.3 is 9.05 Å². The Kier molecular flexibility index (Phi) is 7.97. The van der Waals surface area contributed by atoms with Gasteiger partial charge in [-0.2, -0.15) is 5.10 Å². The van der Waals surface area contributed by atoms with Crippen LogP contribution in [0.5, 0.6) is 0 Å². The molecule has 0 aliphatic rings. The molecule has 3 aromatic rings. The number of nitrogens with one attached hydrogen (secondary N) is 1. The molecule has 0 heterocycles. The molecule has 0 amide bonds. The molecule has 0 aliphatic carbocycles. The van der Waals surface area contributed by atoms with Crippen molar-refractivity contribution in [2.75, 3.05) is 18.6 Å². The number of nitrogens with zero attached hydrogens (tertiary/aromatic N) is 1. The van der Waals surface area contributed by atoms with Crippen LogP contribution >= 0.6 is 7.60 Å². The molecule has 1 N–H and O–H groups in total. The Morgan fingerprint density at radius 3 is 1.87 bits per heavy atom. The predicted molar refractivity (Wildman–Crippen MR) is 123 cm³/mol. The Morgan fingerprint density at radius 2 is 1.33 bits per heavy atom. The molecule has 0 saturated carbocycles. The van der Waals surface area contributed by atoms with Gasteiger partial charge in [0.05, 0.1) is 24.6 Å². The summed E-state index contributed by atoms with van der Waals surface area (Å²) >= 11 is 0. The Labute approximate surface area is 178 Å². The van der Waals surface area contributed by atoms with E-state index in [4.69, 9.17) is 14.1 Å². The fourth-order valence-corrected chi connectivity index (χ4v) is 5.34. The SMILES string of the molecule is CCOP(=O)(OCC)C(/C(=N/Nc1ccccc1)c1ccccc1)c1ccccc1. The molecule has 0 radical (unpaired) electrons. The fourth-order valence-electron chi connectivity index (χ4n) is 3.20. The van der Waals surface area contributed by atoms with E-state index in [2.05, 4.69) is 5.43 Å². The first-order valence-corrected chi connectivity index (χ1v) is 11.7. The quantitative estimate of drug-likeness (QED) is 0.230. The lowest BCUT2D eigenvalue weighted by Crippen LogP contribution is -2.19. The Balaban J connectivity index is 2.16. The number of hydrogen-bond donors (Lipinski definition) is 1. The predicted octanol–water partition coefficient (Wildman–Crippen LogP) is 6.51. The van der Waals surface area contributed by atoms with E-state index in [1.54, 1.807) is 0 Å². The van der Waals surface area contributed by atoms with Crippen LogP contribution < -0.4 is 5.43 Å². The maximum absolute atomic E-state index is 14.0. The molecule has 1 atom stereocenters. The van der Waals surface area contributed by atoms with Gasteiger partial charge in [0.2, 0.25) is 0 Å². The van der Waals surface area contributed by atoms with Gasteiger partial charge in [0.1, 0.15) is 5.66 Å². The molecule has 1 unspecified atom stereocenters.